The Labute approximate surface area is 224 Å². The van der Waals surface area contributed by atoms with Crippen LogP contribution in [-0.4, -0.2) is 39.5 Å². The van der Waals surface area contributed by atoms with Crippen LogP contribution in [0, 0.1) is 0 Å². The summed E-state index contributed by atoms with van der Waals surface area (Å²) >= 11 is 0. The molecule has 3 N–H and O–H groups in total. The number of nitrogens with two attached hydrogens (primary N) is 1. The van der Waals surface area contributed by atoms with Crippen LogP contribution in [0.3, 0.4) is 0 Å². The van der Waals surface area contributed by atoms with E-state index in [4.69, 9.17) is 10.5 Å². The number of nitrogens with zero attached hydrogens (tertiary/aromatic N) is 3. The number of hydrogen-bond acceptors (Lipinski definition) is 6. The summed E-state index contributed by atoms with van der Waals surface area (Å²) in [6, 6.07) is 8.33. The van der Waals surface area contributed by atoms with Crippen molar-refractivity contribution in [3.63, 3.8) is 0 Å². The standard InChI is InChI=1S/C28H34F3N5O3/c1-16(19-11-20(28(29,30)31)14-21(32)12-19)33-24-23-13-17(8-9-22(23)25(37)35(5)34-24)18-7-6-10-36(15-18)26(38)39-27(2,3)4/h8-9,11-14,16,18H,6-7,10,15,32H2,1-5H3,(H,33,34). The molecule has 210 valence electrons. The summed E-state index contributed by atoms with van der Waals surface area (Å²) < 4.78 is 46.8. The van der Waals surface area contributed by atoms with Crippen LogP contribution in [0.2, 0.25) is 0 Å². The van der Waals surface area contributed by atoms with Crippen LogP contribution >= 0.6 is 0 Å². The summed E-state index contributed by atoms with van der Waals surface area (Å²) in [5.41, 5.74) is 5.31. The minimum atomic E-state index is -4.53. The second-order valence-electron chi connectivity index (χ2n) is 11.1. The second-order valence-corrected chi connectivity index (χ2v) is 11.1. The van der Waals surface area contributed by atoms with Gasteiger partial charge < -0.3 is 20.7 Å². The van der Waals surface area contributed by atoms with Gasteiger partial charge in [-0.15, -0.1) is 0 Å². The third kappa shape index (κ3) is 6.46. The van der Waals surface area contributed by atoms with Gasteiger partial charge in [0.15, 0.2) is 5.82 Å². The molecular formula is C28H34F3N5O3. The van der Waals surface area contributed by atoms with Gasteiger partial charge in [-0.05, 0) is 82.0 Å². The number of nitrogens with one attached hydrogen (secondary N) is 1. The maximum atomic E-state index is 13.4. The molecule has 1 fully saturated rings. The lowest BCUT2D eigenvalue weighted by Gasteiger charge is -2.34. The summed E-state index contributed by atoms with van der Waals surface area (Å²) in [5.74, 6) is 0.380. The van der Waals surface area contributed by atoms with Crippen molar-refractivity contribution in [2.75, 3.05) is 24.1 Å². The average molecular weight is 546 g/mol. The van der Waals surface area contributed by atoms with Gasteiger partial charge in [0.05, 0.1) is 17.0 Å². The Morgan fingerprint density at radius 2 is 1.87 bits per heavy atom. The number of aromatic nitrogens is 2. The van der Waals surface area contributed by atoms with Gasteiger partial charge in [-0.3, -0.25) is 4.79 Å². The highest BCUT2D eigenvalue weighted by Gasteiger charge is 2.32. The summed E-state index contributed by atoms with van der Waals surface area (Å²) in [6.45, 7) is 8.26. The Kier molecular flexibility index (Phi) is 7.55. The number of fused-ring (bicyclic) bond motifs is 1. The van der Waals surface area contributed by atoms with Crippen molar-refractivity contribution in [1.82, 2.24) is 14.7 Å². The number of carbonyl (C=O) groups is 1. The molecule has 1 saturated heterocycles. The van der Waals surface area contributed by atoms with E-state index in [1.54, 1.807) is 17.9 Å². The summed E-state index contributed by atoms with van der Waals surface area (Å²) in [6.07, 6.45) is -3.24. The number of amides is 1. The minimum Gasteiger partial charge on any atom is -0.444 e. The van der Waals surface area contributed by atoms with Crippen molar-refractivity contribution in [3.8, 4) is 0 Å². The lowest BCUT2D eigenvalue weighted by Crippen LogP contribution is -2.42. The molecule has 2 aromatic carbocycles. The molecule has 0 radical (unpaired) electrons. The van der Waals surface area contributed by atoms with E-state index in [0.29, 0.717) is 35.2 Å². The molecule has 11 heteroatoms. The lowest BCUT2D eigenvalue weighted by molar-refractivity contribution is -0.137. The zero-order valence-corrected chi connectivity index (χ0v) is 22.7. The van der Waals surface area contributed by atoms with Crippen molar-refractivity contribution in [2.24, 2.45) is 7.05 Å². The first-order valence-corrected chi connectivity index (χ1v) is 12.9. The number of nitrogen functional groups attached to an aromatic ring is 1. The largest absolute Gasteiger partial charge is 0.444 e. The monoisotopic (exact) mass is 545 g/mol. The van der Waals surface area contributed by atoms with Gasteiger partial charge in [0.1, 0.15) is 5.60 Å². The highest BCUT2D eigenvalue weighted by molar-refractivity contribution is 5.91. The Balaban J connectivity index is 1.67. The van der Waals surface area contributed by atoms with Gasteiger partial charge in [0, 0.05) is 37.1 Å². The number of halogens is 3. The van der Waals surface area contributed by atoms with Gasteiger partial charge in [0.25, 0.3) is 5.56 Å². The van der Waals surface area contributed by atoms with E-state index in [-0.39, 0.29) is 23.3 Å². The fourth-order valence-corrected chi connectivity index (χ4v) is 4.85. The second kappa shape index (κ2) is 10.4. The fraction of sp³-hybridized carbons (Fsp3) is 0.464. The van der Waals surface area contributed by atoms with E-state index < -0.39 is 23.4 Å². The van der Waals surface area contributed by atoms with Crippen molar-refractivity contribution < 1.29 is 22.7 Å². The maximum absolute atomic E-state index is 13.4. The Morgan fingerprint density at radius 1 is 1.15 bits per heavy atom. The number of rotatable bonds is 4. The number of benzene rings is 2. The number of piperidine rings is 1. The topological polar surface area (TPSA) is 102 Å². The summed E-state index contributed by atoms with van der Waals surface area (Å²) in [7, 11) is 1.52. The van der Waals surface area contributed by atoms with Crippen molar-refractivity contribution in [3.05, 3.63) is 63.4 Å². The maximum Gasteiger partial charge on any atom is 0.416 e. The molecule has 39 heavy (non-hydrogen) atoms. The number of aryl methyl sites for hydroxylation is 1. The highest BCUT2D eigenvalue weighted by atomic mass is 19.4. The van der Waals surface area contributed by atoms with E-state index in [1.807, 2.05) is 32.9 Å². The van der Waals surface area contributed by atoms with Crippen molar-refractivity contribution in [2.45, 2.75) is 64.3 Å². The highest BCUT2D eigenvalue weighted by Crippen LogP contribution is 2.35. The molecule has 1 aliphatic rings. The summed E-state index contributed by atoms with van der Waals surface area (Å²) in [4.78, 5) is 27.2. The van der Waals surface area contributed by atoms with Crippen molar-refractivity contribution in [1.29, 1.82) is 0 Å². The van der Waals surface area contributed by atoms with Crippen LogP contribution in [-0.2, 0) is 18.0 Å². The van der Waals surface area contributed by atoms with E-state index in [2.05, 4.69) is 10.4 Å². The Bertz CT molecular complexity index is 1450. The van der Waals surface area contributed by atoms with Crippen LogP contribution < -0.4 is 16.6 Å². The molecule has 2 atom stereocenters. The first kappa shape index (κ1) is 28.3. The van der Waals surface area contributed by atoms with Crippen LogP contribution in [0.25, 0.3) is 10.8 Å². The zero-order valence-electron chi connectivity index (χ0n) is 22.7. The minimum absolute atomic E-state index is 0.000815. The molecule has 1 aliphatic heterocycles. The quantitative estimate of drug-likeness (QED) is 0.401. The smallest absolute Gasteiger partial charge is 0.416 e. The van der Waals surface area contributed by atoms with Gasteiger partial charge in [-0.1, -0.05) is 6.07 Å². The number of anilines is 2. The predicted molar refractivity (Wildman–Crippen MR) is 145 cm³/mol. The van der Waals surface area contributed by atoms with Crippen LogP contribution in [0.4, 0.5) is 29.5 Å². The number of likely N-dealkylation sites (tertiary alicyclic amines) is 1. The third-order valence-electron chi connectivity index (χ3n) is 6.78. The normalized spacial score (nSPS) is 17.2. The van der Waals surface area contributed by atoms with Crippen LogP contribution in [0.15, 0.2) is 41.2 Å². The van der Waals surface area contributed by atoms with Crippen LogP contribution in [0.5, 0.6) is 0 Å². The molecule has 2 heterocycles. The van der Waals surface area contributed by atoms with Crippen LogP contribution in [0.1, 0.15) is 69.2 Å². The molecule has 0 spiro atoms. The molecule has 4 rings (SSSR count). The SMILES string of the molecule is CC(Nc1nn(C)c(=O)c2ccc(C3CCCN(C(=O)OC(C)(C)C)C3)cc12)c1cc(N)cc(C(F)(F)F)c1. The lowest BCUT2D eigenvalue weighted by atomic mass is 9.89. The van der Waals surface area contributed by atoms with E-state index in [9.17, 15) is 22.8 Å². The van der Waals surface area contributed by atoms with E-state index >= 15 is 0 Å². The number of hydrogen-bond donors (Lipinski definition) is 2. The molecule has 0 aliphatic carbocycles. The van der Waals surface area contributed by atoms with Gasteiger partial charge >= 0.3 is 12.3 Å². The number of ether oxygens (including phenoxy) is 1. The molecule has 1 amide bonds. The molecule has 8 nitrogen and oxygen atoms in total. The van der Waals surface area contributed by atoms with Crippen molar-refractivity contribution >= 4 is 28.4 Å². The molecule has 0 bridgehead atoms. The van der Waals surface area contributed by atoms with E-state index in [1.165, 1.54) is 17.8 Å². The molecule has 3 aromatic rings. The Hall–Kier alpha value is -3.76. The predicted octanol–water partition coefficient (Wildman–Crippen LogP) is 5.82. The summed E-state index contributed by atoms with van der Waals surface area (Å²) in [5, 5.41) is 8.54. The number of carbonyl (C=O) groups excluding carboxylic acids is 1. The third-order valence-corrected chi connectivity index (χ3v) is 6.78. The molecule has 2 unspecified atom stereocenters. The molecular weight excluding hydrogens is 511 g/mol. The zero-order chi connectivity index (χ0) is 28.7. The first-order chi connectivity index (χ1) is 18.1. The van der Waals surface area contributed by atoms with Gasteiger partial charge in [-0.2, -0.15) is 18.3 Å². The van der Waals surface area contributed by atoms with Gasteiger partial charge in [0.2, 0.25) is 0 Å². The van der Waals surface area contributed by atoms with E-state index in [0.717, 1.165) is 30.5 Å². The molecule has 1 aromatic heterocycles. The molecule has 0 saturated carbocycles. The first-order valence-electron chi connectivity index (χ1n) is 12.9. The Morgan fingerprint density at radius 3 is 2.54 bits per heavy atom. The van der Waals surface area contributed by atoms with Gasteiger partial charge in [-0.25, -0.2) is 9.48 Å². The fourth-order valence-electron chi connectivity index (χ4n) is 4.85. The number of alkyl halides is 3. The average Bonchev–Trinajstić information content (AvgIpc) is 2.85.